The lowest BCUT2D eigenvalue weighted by molar-refractivity contribution is -0.137. The van der Waals surface area contributed by atoms with Gasteiger partial charge >= 0.3 is 5.97 Å². The van der Waals surface area contributed by atoms with Crippen molar-refractivity contribution in [3.63, 3.8) is 0 Å². The highest BCUT2D eigenvalue weighted by atomic mass is 32.1. The predicted molar refractivity (Wildman–Crippen MR) is 104 cm³/mol. The first-order valence-electron chi connectivity index (χ1n) is 8.15. The number of hydrogen-bond donors (Lipinski definition) is 1. The van der Waals surface area contributed by atoms with Gasteiger partial charge in [0.15, 0.2) is 0 Å². The second kappa shape index (κ2) is 7.53. The van der Waals surface area contributed by atoms with Crippen LogP contribution in [0, 0.1) is 0 Å². The molecular formula is C21H20O3S. The molecule has 25 heavy (non-hydrogen) atoms. The summed E-state index contributed by atoms with van der Waals surface area (Å²) in [6.07, 6.45) is 1.67. The number of carbonyl (C=O) groups is 1. The molecule has 0 unspecified atom stereocenters. The van der Waals surface area contributed by atoms with Crippen LogP contribution >= 0.6 is 11.3 Å². The fourth-order valence-electron chi connectivity index (χ4n) is 2.77. The van der Waals surface area contributed by atoms with E-state index in [0.29, 0.717) is 6.42 Å². The Hall–Kier alpha value is -2.59. The number of thiophene rings is 1. The maximum absolute atomic E-state index is 10.6. The zero-order valence-electron chi connectivity index (χ0n) is 14.1. The minimum Gasteiger partial charge on any atom is -0.497 e. The van der Waals surface area contributed by atoms with Crippen LogP contribution < -0.4 is 4.74 Å². The van der Waals surface area contributed by atoms with Crippen molar-refractivity contribution in [2.75, 3.05) is 7.11 Å². The van der Waals surface area contributed by atoms with Gasteiger partial charge in [-0.1, -0.05) is 24.8 Å². The summed E-state index contributed by atoms with van der Waals surface area (Å²) in [5.41, 5.74) is 2.09. The highest BCUT2D eigenvalue weighted by Crippen LogP contribution is 2.31. The van der Waals surface area contributed by atoms with E-state index in [0.717, 1.165) is 39.0 Å². The van der Waals surface area contributed by atoms with Crippen molar-refractivity contribution in [1.82, 2.24) is 0 Å². The summed E-state index contributed by atoms with van der Waals surface area (Å²) >= 11 is 1.69. The Morgan fingerprint density at radius 3 is 2.64 bits per heavy atom. The molecule has 128 valence electrons. The standard InChI is InChI=1S/C21H20O3S/c1-14(20-11-10-19(25-20)4-3-5-21(22)23)15-6-7-17-13-18(24-2)9-8-16(17)12-15/h6-13H,1,3-5H2,2H3,(H,22,23). The molecule has 0 atom stereocenters. The quantitative estimate of drug-likeness (QED) is 0.621. The lowest BCUT2D eigenvalue weighted by Crippen LogP contribution is -1.94. The molecule has 0 saturated carbocycles. The maximum Gasteiger partial charge on any atom is 0.303 e. The lowest BCUT2D eigenvalue weighted by Gasteiger charge is -2.07. The largest absolute Gasteiger partial charge is 0.497 e. The van der Waals surface area contributed by atoms with E-state index in [1.165, 1.54) is 4.88 Å². The fourth-order valence-corrected chi connectivity index (χ4v) is 3.81. The van der Waals surface area contributed by atoms with E-state index in [4.69, 9.17) is 9.84 Å². The van der Waals surface area contributed by atoms with E-state index < -0.39 is 5.97 Å². The smallest absolute Gasteiger partial charge is 0.303 e. The molecule has 1 aromatic heterocycles. The first kappa shape index (κ1) is 17.2. The van der Waals surface area contributed by atoms with E-state index in [1.54, 1.807) is 18.4 Å². The number of aliphatic carboxylic acids is 1. The Bertz CT molecular complexity index is 924. The second-order valence-electron chi connectivity index (χ2n) is 5.92. The number of ether oxygens (including phenoxy) is 1. The fraction of sp³-hybridized carbons (Fsp3) is 0.190. The second-order valence-corrected chi connectivity index (χ2v) is 7.09. The number of hydrogen-bond acceptors (Lipinski definition) is 3. The third-order valence-electron chi connectivity index (χ3n) is 4.17. The molecule has 3 nitrogen and oxygen atoms in total. The molecule has 0 saturated heterocycles. The van der Waals surface area contributed by atoms with Crippen LogP contribution in [0.15, 0.2) is 55.1 Å². The Morgan fingerprint density at radius 2 is 1.88 bits per heavy atom. The van der Waals surface area contributed by atoms with Gasteiger partial charge in [0, 0.05) is 16.2 Å². The molecule has 4 heteroatoms. The van der Waals surface area contributed by atoms with Crippen LogP contribution in [0.3, 0.4) is 0 Å². The molecule has 0 aliphatic heterocycles. The average molecular weight is 352 g/mol. The molecule has 0 aliphatic carbocycles. The Labute approximate surface area is 151 Å². The summed E-state index contributed by atoms with van der Waals surface area (Å²) in [5, 5.41) is 11.0. The van der Waals surface area contributed by atoms with Crippen LogP contribution in [0.2, 0.25) is 0 Å². The van der Waals surface area contributed by atoms with Crippen molar-refractivity contribution in [2.24, 2.45) is 0 Å². The number of benzene rings is 2. The molecule has 1 N–H and O–H groups in total. The molecule has 3 aromatic rings. The monoisotopic (exact) mass is 352 g/mol. The topological polar surface area (TPSA) is 46.5 Å². The summed E-state index contributed by atoms with van der Waals surface area (Å²) in [7, 11) is 1.67. The summed E-state index contributed by atoms with van der Waals surface area (Å²) in [6, 6.07) is 16.5. The first-order chi connectivity index (χ1) is 12.1. The van der Waals surface area contributed by atoms with E-state index in [2.05, 4.69) is 43.0 Å². The molecule has 0 radical (unpaired) electrons. The van der Waals surface area contributed by atoms with Gasteiger partial charge in [-0.05, 0) is 65.1 Å². The number of carboxylic acids is 1. The zero-order valence-corrected chi connectivity index (χ0v) is 14.9. The number of rotatable bonds is 7. The number of carboxylic acid groups (broad SMARTS) is 1. The minimum atomic E-state index is -0.742. The molecule has 0 amide bonds. The van der Waals surface area contributed by atoms with Crippen LogP contribution in [0.25, 0.3) is 16.3 Å². The van der Waals surface area contributed by atoms with Gasteiger partial charge in [-0.3, -0.25) is 4.79 Å². The van der Waals surface area contributed by atoms with E-state index >= 15 is 0 Å². The molecule has 3 rings (SSSR count). The minimum absolute atomic E-state index is 0.211. The van der Waals surface area contributed by atoms with Crippen molar-refractivity contribution < 1.29 is 14.6 Å². The molecule has 2 aromatic carbocycles. The molecular weight excluding hydrogens is 332 g/mol. The van der Waals surface area contributed by atoms with Crippen molar-refractivity contribution in [3.8, 4) is 5.75 Å². The Kier molecular flexibility index (Phi) is 5.19. The van der Waals surface area contributed by atoms with Crippen LogP contribution in [0.1, 0.15) is 28.2 Å². The SMILES string of the molecule is C=C(c1ccc2cc(OC)ccc2c1)c1ccc(CCCC(=O)O)s1. The van der Waals surface area contributed by atoms with Crippen molar-refractivity contribution in [1.29, 1.82) is 0 Å². The predicted octanol–water partition coefficient (Wildman–Crippen LogP) is 5.38. The van der Waals surface area contributed by atoms with Crippen molar-refractivity contribution >= 4 is 33.7 Å². The molecule has 0 spiro atoms. The number of fused-ring (bicyclic) bond motifs is 1. The Balaban J connectivity index is 1.77. The van der Waals surface area contributed by atoms with Crippen molar-refractivity contribution in [3.05, 3.63) is 70.4 Å². The molecule has 0 aliphatic rings. The third kappa shape index (κ3) is 4.09. The van der Waals surface area contributed by atoms with E-state index in [1.807, 2.05) is 12.1 Å². The number of aryl methyl sites for hydroxylation is 1. The maximum atomic E-state index is 10.6. The summed E-state index contributed by atoms with van der Waals surface area (Å²) < 4.78 is 5.27. The molecule has 0 bridgehead atoms. The third-order valence-corrected chi connectivity index (χ3v) is 5.37. The summed E-state index contributed by atoms with van der Waals surface area (Å²) in [4.78, 5) is 12.9. The lowest BCUT2D eigenvalue weighted by atomic mass is 10.0. The summed E-state index contributed by atoms with van der Waals surface area (Å²) in [5.74, 6) is 0.109. The highest BCUT2D eigenvalue weighted by Gasteiger charge is 2.08. The Morgan fingerprint density at radius 1 is 1.12 bits per heavy atom. The normalized spacial score (nSPS) is 10.8. The van der Waals surface area contributed by atoms with Gasteiger partial charge in [-0.15, -0.1) is 11.3 Å². The number of methoxy groups -OCH3 is 1. The van der Waals surface area contributed by atoms with Gasteiger partial charge in [0.25, 0.3) is 0 Å². The van der Waals surface area contributed by atoms with E-state index in [9.17, 15) is 4.79 Å². The van der Waals surface area contributed by atoms with Crippen molar-refractivity contribution in [2.45, 2.75) is 19.3 Å². The highest BCUT2D eigenvalue weighted by molar-refractivity contribution is 7.13. The zero-order chi connectivity index (χ0) is 17.8. The average Bonchev–Trinajstić information content (AvgIpc) is 3.08. The molecule has 1 heterocycles. The van der Waals surface area contributed by atoms with Gasteiger partial charge in [-0.2, -0.15) is 0 Å². The van der Waals surface area contributed by atoms with Crippen LogP contribution in [-0.2, 0) is 11.2 Å². The van der Waals surface area contributed by atoms with Crippen LogP contribution in [0.4, 0.5) is 0 Å². The summed E-state index contributed by atoms with van der Waals surface area (Å²) in [6.45, 7) is 4.25. The van der Waals surface area contributed by atoms with Crippen LogP contribution in [0.5, 0.6) is 5.75 Å². The van der Waals surface area contributed by atoms with Gasteiger partial charge in [0.2, 0.25) is 0 Å². The first-order valence-corrected chi connectivity index (χ1v) is 8.96. The molecule has 0 fully saturated rings. The van der Waals surface area contributed by atoms with E-state index in [-0.39, 0.29) is 6.42 Å². The van der Waals surface area contributed by atoms with Gasteiger partial charge in [0.1, 0.15) is 5.75 Å². The van der Waals surface area contributed by atoms with Gasteiger partial charge in [0.05, 0.1) is 7.11 Å². The van der Waals surface area contributed by atoms with Gasteiger partial charge in [-0.25, -0.2) is 0 Å². The van der Waals surface area contributed by atoms with Crippen LogP contribution in [-0.4, -0.2) is 18.2 Å². The van der Waals surface area contributed by atoms with Gasteiger partial charge < -0.3 is 9.84 Å².